The highest BCUT2D eigenvalue weighted by atomic mass is 16.3. The van der Waals surface area contributed by atoms with E-state index in [1.54, 1.807) is 0 Å². The number of aliphatic hydroxyl groups is 1. The second-order valence-corrected chi connectivity index (χ2v) is 6.48. The fraction of sp³-hybridized carbons (Fsp3) is 0.438. The van der Waals surface area contributed by atoms with Crippen molar-refractivity contribution in [3.05, 3.63) is 46.6 Å². The molecule has 0 spiro atoms. The van der Waals surface area contributed by atoms with Crippen molar-refractivity contribution in [3.63, 3.8) is 0 Å². The van der Waals surface area contributed by atoms with E-state index in [0.29, 0.717) is 5.92 Å². The van der Waals surface area contributed by atoms with Gasteiger partial charge in [-0.05, 0) is 34.3 Å². The predicted molar refractivity (Wildman–Crippen MR) is 74.3 cm³/mol. The van der Waals surface area contributed by atoms with E-state index in [2.05, 4.69) is 17.5 Å². The molecule has 0 fully saturated rings. The molecule has 0 bridgehead atoms. The maximum absolute atomic E-state index is 12.3. The van der Waals surface area contributed by atoms with Crippen LogP contribution in [0.15, 0.2) is 46.6 Å². The van der Waals surface area contributed by atoms with Crippen molar-refractivity contribution >= 4 is 5.91 Å². The monoisotopic (exact) mass is 257 g/mol. The molecule has 0 saturated carbocycles. The van der Waals surface area contributed by atoms with Crippen LogP contribution in [0.3, 0.4) is 0 Å². The van der Waals surface area contributed by atoms with Crippen molar-refractivity contribution in [2.45, 2.75) is 26.8 Å². The molecule has 0 aliphatic heterocycles. The number of aliphatic hydroxyl groups excluding tert-OH is 1. The van der Waals surface area contributed by atoms with Crippen molar-refractivity contribution in [2.75, 3.05) is 6.61 Å². The highest BCUT2D eigenvalue weighted by Gasteiger charge is 2.40. The van der Waals surface area contributed by atoms with Gasteiger partial charge in [-0.25, -0.2) is 0 Å². The smallest absolute Gasteiger partial charge is 0.252 e. The number of fused-ring (bicyclic) bond motifs is 3. The molecule has 3 heteroatoms. The Bertz CT molecular complexity index is 570. The molecular weight excluding hydrogens is 238 g/mol. The van der Waals surface area contributed by atoms with Gasteiger partial charge in [0.25, 0.3) is 5.91 Å². The Morgan fingerprint density at radius 3 is 2.79 bits per heavy atom. The molecule has 3 aliphatic rings. The van der Waals surface area contributed by atoms with Gasteiger partial charge in [0.15, 0.2) is 0 Å². The first kappa shape index (κ1) is 12.4. The average Bonchev–Trinajstić information content (AvgIpc) is 2.82. The fourth-order valence-corrected chi connectivity index (χ4v) is 2.63. The largest absolute Gasteiger partial charge is 0.394 e. The molecule has 0 heterocycles. The van der Waals surface area contributed by atoms with E-state index >= 15 is 0 Å². The number of rotatable bonds is 3. The summed E-state index contributed by atoms with van der Waals surface area (Å²) in [6.45, 7) is 5.98. The molecule has 3 nitrogen and oxygen atoms in total. The molecule has 3 aliphatic carbocycles. The lowest BCUT2D eigenvalue weighted by atomic mass is 9.87. The van der Waals surface area contributed by atoms with Gasteiger partial charge in [0.05, 0.1) is 12.6 Å². The Balaban J connectivity index is 1.73. The number of amides is 1. The van der Waals surface area contributed by atoms with Gasteiger partial charge in [0, 0.05) is 11.5 Å². The standard InChI is InChI=1S/C16H19NO2/c1-16(2,3)14(8-18)17-15(19)11-5-4-10-12-6-9(12)7-13(10)11/h4-7,12,14,18H,8H2,1-3H3,(H,17,19)/t12?,14-/m1/s1. The molecule has 0 saturated heterocycles. The number of carbonyl (C=O) groups is 1. The first-order valence-electron chi connectivity index (χ1n) is 6.69. The first-order valence-corrected chi connectivity index (χ1v) is 6.69. The molecule has 0 aromatic carbocycles. The summed E-state index contributed by atoms with van der Waals surface area (Å²) in [5, 5.41) is 12.4. The van der Waals surface area contributed by atoms with Crippen LogP contribution in [0.2, 0.25) is 0 Å². The number of allylic oxidation sites excluding steroid dienone is 6. The lowest BCUT2D eigenvalue weighted by Crippen LogP contribution is -2.46. The maximum Gasteiger partial charge on any atom is 0.252 e. The van der Waals surface area contributed by atoms with Gasteiger partial charge in [-0.3, -0.25) is 4.79 Å². The van der Waals surface area contributed by atoms with E-state index in [0.717, 1.165) is 11.1 Å². The summed E-state index contributed by atoms with van der Waals surface area (Å²) in [6, 6.07) is -0.235. The maximum atomic E-state index is 12.3. The molecule has 1 unspecified atom stereocenters. The minimum absolute atomic E-state index is 0.0460. The first-order chi connectivity index (χ1) is 8.91. The second-order valence-electron chi connectivity index (χ2n) is 6.48. The van der Waals surface area contributed by atoms with Crippen molar-refractivity contribution in [1.82, 2.24) is 5.32 Å². The van der Waals surface area contributed by atoms with E-state index in [1.807, 2.05) is 32.9 Å². The minimum atomic E-state index is -0.235. The summed E-state index contributed by atoms with van der Waals surface area (Å²) in [5.41, 5.74) is 4.20. The number of hydrogen-bond donors (Lipinski definition) is 2. The molecule has 3 rings (SSSR count). The van der Waals surface area contributed by atoms with Gasteiger partial charge in [-0.1, -0.05) is 32.9 Å². The fourth-order valence-electron chi connectivity index (χ4n) is 2.63. The third kappa shape index (κ3) is 1.98. The lowest BCUT2D eigenvalue weighted by molar-refractivity contribution is -0.119. The molecule has 0 aromatic heterocycles. The van der Waals surface area contributed by atoms with E-state index in [9.17, 15) is 9.90 Å². The van der Waals surface area contributed by atoms with Crippen molar-refractivity contribution < 1.29 is 9.90 Å². The van der Waals surface area contributed by atoms with Crippen LogP contribution in [-0.4, -0.2) is 23.7 Å². The predicted octanol–water partition coefficient (Wildman–Crippen LogP) is 1.87. The lowest BCUT2D eigenvalue weighted by Gasteiger charge is -2.30. The van der Waals surface area contributed by atoms with Crippen LogP contribution in [0.1, 0.15) is 20.8 Å². The van der Waals surface area contributed by atoms with Crippen LogP contribution in [0.25, 0.3) is 0 Å². The highest BCUT2D eigenvalue weighted by Crippen LogP contribution is 2.51. The molecular formula is C16H19NO2. The van der Waals surface area contributed by atoms with E-state index in [1.165, 1.54) is 11.1 Å². The summed E-state index contributed by atoms with van der Waals surface area (Å²) in [5.74, 6) is 0.376. The van der Waals surface area contributed by atoms with Gasteiger partial charge in [0.2, 0.25) is 0 Å². The van der Waals surface area contributed by atoms with Crippen molar-refractivity contribution in [3.8, 4) is 0 Å². The van der Waals surface area contributed by atoms with Gasteiger partial charge in [0.1, 0.15) is 0 Å². The molecule has 1 amide bonds. The van der Waals surface area contributed by atoms with Crippen LogP contribution in [0, 0.1) is 11.3 Å². The third-order valence-electron chi connectivity index (χ3n) is 4.06. The molecule has 0 aromatic rings. The minimum Gasteiger partial charge on any atom is -0.394 e. The summed E-state index contributed by atoms with van der Waals surface area (Å²) in [7, 11) is 0. The summed E-state index contributed by atoms with van der Waals surface area (Å²) >= 11 is 0. The van der Waals surface area contributed by atoms with Gasteiger partial charge >= 0.3 is 0 Å². The molecule has 2 N–H and O–H groups in total. The Labute approximate surface area is 113 Å². The summed E-state index contributed by atoms with van der Waals surface area (Å²) in [6.07, 6.45) is 8.22. The van der Waals surface area contributed by atoms with Gasteiger partial charge in [-0.2, -0.15) is 0 Å². The van der Waals surface area contributed by atoms with E-state index < -0.39 is 0 Å². The Kier molecular flexibility index (Phi) is 2.58. The normalized spacial score (nSPS) is 24.7. The summed E-state index contributed by atoms with van der Waals surface area (Å²) in [4.78, 5) is 12.3. The molecule has 0 radical (unpaired) electrons. The highest BCUT2D eigenvalue weighted by molar-refractivity contribution is 6.02. The van der Waals surface area contributed by atoms with E-state index in [4.69, 9.17) is 0 Å². The quantitative estimate of drug-likeness (QED) is 0.811. The number of hydrogen-bond acceptors (Lipinski definition) is 2. The molecule has 2 atom stereocenters. The zero-order chi connectivity index (χ0) is 13.8. The Hall–Kier alpha value is -1.61. The topological polar surface area (TPSA) is 49.3 Å². The third-order valence-corrected chi connectivity index (χ3v) is 4.06. The SMILES string of the molecule is CC(C)(C)[C@@H](CO)NC(=O)C1=CC=C2C1=CC1=CC12. The van der Waals surface area contributed by atoms with E-state index in [-0.39, 0.29) is 24.0 Å². The Morgan fingerprint density at radius 2 is 2.16 bits per heavy atom. The van der Waals surface area contributed by atoms with Crippen LogP contribution in [0.4, 0.5) is 0 Å². The van der Waals surface area contributed by atoms with Crippen LogP contribution in [-0.2, 0) is 4.79 Å². The average molecular weight is 257 g/mol. The zero-order valence-corrected chi connectivity index (χ0v) is 11.5. The van der Waals surface area contributed by atoms with Crippen LogP contribution < -0.4 is 5.32 Å². The van der Waals surface area contributed by atoms with Crippen LogP contribution >= 0.6 is 0 Å². The van der Waals surface area contributed by atoms with Crippen LogP contribution in [0.5, 0.6) is 0 Å². The van der Waals surface area contributed by atoms with Crippen molar-refractivity contribution in [2.24, 2.45) is 11.3 Å². The Morgan fingerprint density at radius 1 is 1.42 bits per heavy atom. The number of nitrogens with one attached hydrogen (secondary N) is 1. The molecule has 19 heavy (non-hydrogen) atoms. The molecule has 100 valence electrons. The second kappa shape index (κ2) is 3.94. The zero-order valence-electron chi connectivity index (χ0n) is 11.5. The van der Waals surface area contributed by atoms with Gasteiger partial charge in [-0.15, -0.1) is 0 Å². The number of carbonyl (C=O) groups excluding carboxylic acids is 1. The summed E-state index contributed by atoms with van der Waals surface area (Å²) < 4.78 is 0. The van der Waals surface area contributed by atoms with Gasteiger partial charge < -0.3 is 10.4 Å². The van der Waals surface area contributed by atoms with Crippen molar-refractivity contribution in [1.29, 1.82) is 0 Å².